The van der Waals surface area contributed by atoms with Crippen molar-refractivity contribution < 1.29 is 0 Å². The van der Waals surface area contributed by atoms with Crippen LogP contribution in [0.5, 0.6) is 0 Å². The molecule has 2 aliphatic rings. The molecule has 0 aromatic heterocycles. The van der Waals surface area contributed by atoms with Crippen LogP contribution in [0, 0.1) is 0 Å². The van der Waals surface area contributed by atoms with Crippen LogP contribution in [0.2, 0.25) is 5.02 Å². The summed E-state index contributed by atoms with van der Waals surface area (Å²) >= 11 is 9.89. The minimum atomic E-state index is 0.320. The quantitative estimate of drug-likeness (QED) is 0.680. The smallest absolute Gasteiger partial charge is 0.146 e. The van der Waals surface area contributed by atoms with Gasteiger partial charge in [0.25, 0.3) is 0 Å². The van der Waals surface area contributed by atoms with Crippen LogP contribution in [-0.4, -0.2) is 16.9 Å². The summed E-state index contributed by atoms with van der Waals surface area (Å²) in [6.45, 7) is 3.81. The van der Waals surface area contributed by atoms with Crippen molar-refractivity contribution in [1.29, 1.82) is 0 Å². The third-order valence-electron chi connectivity index (χ3n) is 4.47. The second kappa shape index (κ2) is 8.21. The van der Waals surface area contributed by atoms with Crippen LogP contribution in [0.25, 0.3) is 5.70 Å². The van der Waals surface area contributed by atoms with Crippen LogP contribution in [0.1, 0.15) is 37.7 Å². The maximum Gasteiger partial charge on any atom is 0.146 e. The molecule has 1 heterocycles. The summed E-state index contributed by atoms with van der Waals surface area (Å²) in [6, 6.07) is 8.05. The number of hydrogen-bond acceptors (Lipinski definition) is 3. The Kier molecular flexibility index (Phi) is 5.99. The number of nitrogens with one attached hydrogen (secondary N) is 1. The van der Waals surface area contributed by atoms with Gasteiger partial charge < -0.3 is 5.32 Å². The molecular weight excluding hydrogens is 400 g/mol. The summed E-state index contributed by atoms with van der Waals surface area (Å²) in [6.07, 6.45) is 9.64. The molecule has 0 unspecified atom stereocenters. The molecule has 1 aromatic rings. The maximum absolute atomic E-state index is 6.38. The van der Waals surface area contributed by atoms with Gasteiger partial charge in [0.2, 0.25) is 0 Å². The molecule has 0 spiro atoms. The molecule has 0 atom stereocenters. The molecule has 1 aliphatic heterocycles. The molecule has 4 nitrogen and oxygen atoms in total. The Labute approximate surface area is 162 Å². The molecule has 3 N–H and O–H groups in total. The number of hydrazine groups is 1. The van der Waals surface area contributed by atoms with Crippen molar-refractivity contribution in [3.8, 4) is 0 Å². The number of benzene rings is 1. The van der Waals surface area contributed by atoms with Crippen LogP contribution in [0.15, 0.2) is 58.3 Å². The number of nitrogens with zero attached hydrogens (tertiary/aromatic N) is 2. The highest BCUT2D eigenvalue weighted by Crippen LogP contribution is 2.29. The minimum absolute atomic E-state index is 0.320. The molecule has 0 amide bonds. The Balaban J connectivity index is 2.04. The number of hydrogen-bond donors (Lipinski definition) is 2. The van der Waals surface area contributed by atoms with Gasteiger partial charge in [-0.2, -0.15) is 0 Å². The average Bonchev–Trinajstić information content (AvgIpc) is 2.64. The van der Waals surface area contributed by atoms with E-state index >= 15 is 0 Å². The first kappa shape index (κ1) is 18.2. The number of aliphatic imine (C=N–C) groups is 1. The van der Waals surface area contributed by atoms with Crippen molar-refractivity contribution in [2.75, 3.05) is 0 Å². The molecule has 1 aromatic carbocycles. The van der Waals surface area contributed by atoms with Gasteiger partial charge in [-0.25, -0.2) is 10.9 Å². The molecule has 3 rings (SSSR count). The molecule has 6 heteroatoms. The first-order valence-corrected chi connectivity index (χ1v) is 9.65. The predicted molar refractivity (Wildman–Crippen MR) is 109 cm³/mol. The van der Waals surface area contributed by atoms with E-state index in [9.17, 15) is 0 Å². The van der Waals surface area contributed by atoms with Gasteiger partial charge in [0.05, 0.1) is 16.2 Å². The number of halogens is 2. The second-order valence-corrected chi connectivity index (χ2v) is 7.47. The normalized spacial score (nSPS) is 22.4. The van der Waals surface area contributed by atoms with Crippen molar-refractivity contribution >= 4 is 39.1 Å². The molecule has 1 saturated carbocycles. The molecule has 25 heavy (non-hydrogen) atoms. The Hall–Kier alpha value is -1.56. The summed E-state index contributed by atoms with van der Waals surface area (Å²) in [4.78, 5) is 4.92. The minimum Gasteiger partial charge on any atom is -0.339 e. The fourth-order valence-electron chi connectivity index (χ4n) is 3.13. The van der Waals surface area contributed by atoms with Crippen LogP contribution >= 0.6 is 27.5 Å². The van der Waals surface area contributed by atoms with Gasteiger partial charge in [-0.3, -0.25) is 4.99 Å². The Morgan fingerprint density at radius 1 is 1.32 bits per heavy atom. The zero-order valence-corrected chi connectivity index (χ0v) is 16.4. The van der Waals surface area contributed by atoms with Crippen molar-refractivity contribution in [2.45, 2.75) is 38.1 Å². The van der Waals surface area contributed by atoms with E-state index in [-0.39, 0.29) is 0 Å². The molecular formula is C19H22BrClN4. The van der Waals surface area contributed by atoms with E-state index in [0.717, 1.165) is 34.4 Å². The van der Waals surface area contributed by atoms with Gasteiger partial charge in [0, 0.05) is 16.7 Å². The zero-order valence-electron chi connectivity index (χ0n) is 14.0. The number of amidine groups is 1. The predicted octanol–water partition coefficient (Wildman–Crippen LogP) is 4.94. The summed E-state index contributed by atoms with van der Waals surface area (Å²) in [5.41, 5.74) is 1.78. The maximum atomic E-state index is 6.38. The standard InChI is InChI=1S/C19H22BrClN4/c1-2-15(20)19-24-17(14-10-6-7-11-16(14)21)12-18(25(19)22)23-13-8-4-3-5-9-13/h2,6-7,10-13,24H,1,3-5,8-9,22H2/b19-15+,23-18?. The lowest BCUT2D eigenvalue weighted by molar-refractivity contribution is 0.432. The monoisotopic (exact) mass is 420 g/mol. The average molecular weight is 422 g/mol. The van der Waals surface area contributed by atoms with Gasteiger partial charge in [0.1, 0.15) is 11.7 Å². The first-order chi connectivity index (χ1) is 12.1. The van der Waals surface area contributed by atoms with Crippen LogP contribution in [0.3, 0.4) is 0 Å². The summed E-state index contributed by atoms with van der Waals surface area (Å²) in [7, 11) is 0. The van der Waals surface area contributed by atoms with Crippen molar-refractivity contribution in [2.24, 2.45) is 10.8 Å². The Bertz CT molecular complexity index is 748. The zero-order chi connectivity index (χ0) is 17.8. The molecule has 0 saturated heterocycles. The number of allylic oxidation sites excluding steroid dienone is 2. The van der Waals surface area contributed by atoms with E-state index in [1.165, 1.54) is 19.3 Å². The topological polar surface area (TPSA) is 53.7 Å². The summed E-state index contributed by atoms with van der Waals surface area (Å²) in [5.74, 6) is 7.75. The summed E-state index contributed by atoms with van der Waals surface area (Å²) < 4.78 is 0.768. The Morgan fingerprint density at radius 3 is 2.72 bits per heavy atom. The fraction of sp³-hybridized carbons (Fsp3) is 0.316. The highest BCUT2D eigenvalue weighted by molar-refractivity contribution is 9.11. The van der Waals surface area contributed by atoms with E-state index in [0.29, 0.717) is 16.9 Å². The SMILES string of the molecule is C=C/C(Br)=C1/NC(c2ccccc2Cl)=CC(=NC2CCCCC2)N1N. The van der Waals surface area contributed by atoms with Gasteiger partial charge in [-0.15, -0.1) is 0 Å². The van der Waals surface area contributed by atoms with Gasteiger partial charge >= 0.3 is 0 Å². The lowest BCUT2D eigenvalue weighted by Crippen LogP contribution is -2.45. The van der Waals surface area contributed by atoms with E-state index in [1.54, 1.807) is 11.1 Å². The van der Waals surface area contributed by atoms with Crippen LogP contribution in [-0.2, 0) is 0 Å². The van der Waals surface area contributed by atoms with Gasteiger partial charge in [-0.05, 0) is 34.8 Å². The van der Waals surface area contributed by atoms with E-state index in [4.69, 9.17) is 22.4 Å². The van der Waals surface area contributed by atoms with E-state index in [2.05, 4.69) is 27.8 Å². The molecule has 0 bridgehead atoms. The molecule has 1 aliphatic carbocycles. The second-order valence-electron chi connectivity index (χ2n) is 6.21. The van der Waals surface area contributed by atoms with Crippen molar-refractivity contribution in [3.63, 3.8) is 0 Å². The van der Waals surface area contributed by atoms with Crippen LogP contribution < -0.4 is 11.2 Å². The third kappa shape index (κ3) is 4.17. The highest BCUT2D eigenvalue weighted by atomic mass is 79.9. The lowest BCUT2D eigenvalue weighted by atomic mass is 9.96. The summed E-state index contributed by atoms with van der Waals surface area (Å²) in [5, 5.41) is 5.59. The van der Waals surface area contributed by atoms with Gasteiger partial charge in [0.15, 0.2) is 0 Å². The molecule has 132 valence electrons. The van der Waals surface area contributed by atoms with Crippen LogP contribution in [0.4, 0.5) is 0 Å². The number of nitrogens with two attached hydrogens (primary N) is 1. The van der Waals surface area contributed by atoms with Crippen molar-refractivity contribution in [1.82, 2.24) is 10.3 Å². The highest BCUT2D eigenvalue weighted by Gasteiger charge is 2.24. The van der Waals surface area contributed by atoms with Gasteiger partial charge in [-0.1, -0.05) is 61.7 Å². The first-order valence-electron chi connectivity index (χ1n) is 8.48. The molecule has 1 fully saturated rings. The molecule has 0 radical (unpaired) electrons. The van der Waals surface area contributed by atoms with E-state index in [1.807, 2.05) is 30.3 Å². The largest absolute Gasteiger partial charge is 0.339 e. The van der Waals surface area contributed by atoms with Crippen molar-refractivity contribution in [3.05, 3.63) is 63.9 Å². The number of rotatable bonds is 3. The third-order valence-corrected chi connectivity index (χ3v) is 5.50. The fourth-order valence-corrected chi connectivity index (χ4v) is 3.66. The lowest BCUT2D eigenvalue weighted by Gasteiger charge is -2.31. The van der Waals surface area contributed by atoms with E-state index < -0.39 is 0 Å². The Morgan fingerprint density at radius 2 is 2.04 bits per heavy atom.